The quantitative estimate of drug-likeness (QED) is 0.814. The van der Waals surface area contributed by atoms with E-state index in [4.69, 9.17) is 0 Å². The van der Waals surface area contributed by atoms with E-state index in [9.17, 15) is 12.8 Å². The molecule has 5 nitrogen and oxygen atoms in total. The average Bonchev–Trinajstić information content (AvgIpc) is 3.11. The highest BCUT2D eigenvalue weighted by molar-refractivity contribution is 7.89. The van der Waals surface area contributed by atoms with Crippen LogP contribution < -0.4 is 4.72 Å². The second kappa shape index (κ2) is 8.14. The van der Waals surface area contributed by atoms with E-state index < -0.39 is 15.8 Å². The van der Waals surface area contributed by atoms with E-state index in [1.807, 2.05) is 18.4 Å². The van der Waals surface area contributed by atoms with Gasteiger partial charge in [0.2, 0.25) is 10.0 Å². The Morgan fingerprint density at radius 2 is 1.77 bits per heavy atom. The van der Waals surface area contributed by atoms with Gasteiger partial charge in [-0.2, -0.15) is 0 Å². The molecule has 1 saturated heterocycles. The van der Waals surface area contributed by atoms with Gasteiger partial charge in [0.15, 0.2) is 0 Å². The summed E-state index contributed by atoms with van der Waals surface area (Å²) < 4.78 is 41.3. The van der Waals surface area contributed by atoms with Crippen LogP contribution in [0.1, 0.15) is 17.8 Å². The van der Waals surface area contributed by atoms with Gasteiger partial charge < -0.3 is 4.90 Å². The number of piperazine rings is 1. The smallest absolute Gasteiger partial charge is 0.240 e. The number of nitrogens with zero attached hydrogens (tertiary/aromatic N) is 2. The van der Waals surface area contributed by atoms with Gasteiger partial charge in [0.1, 0.15) is 5.82 Å². The van der Waals surface area contributed by atoms with Crippen LogP contribution in [0.5, 0.6) is 0 Å². The van der Waals surface area contributed by atoms with Crippen molar-refractivity contribution in [1.82, 2.24) is 14.5 Å². The zero-order valence-corrected chi connectivity index (χ0v) is 16.6. The Morgan fingerprint density at radius 1 is 1.12 bits per heavy atom. The van der Waals surface area contributed by atoms with Gasteiger partial charge in [0.25, 0.3) is 0 Å². The third kappa shape index (κ3) is 4.50. The summed E-state index contributed by atoms with van der Waals surface area (Å²) in [6.45, 7) is 5.59. The average molecular weight is 398 g/mol. The highest BCUT2D eigenvalue weighted by Crippen LogP contribution is 2.30. The molecule has 0 bridgehead atoms. The zero-order valence-electron chi connectivity index (χ0n) is 14.9. The van der Waals surface area contributed by atoms with Crippen LogP contribution in [0, 0.1) is 5.82 Å². The summed E-state index contributed by atoms with van der Waals surface area (Å²) in [5.41, 5.74) is 0. The minimum absolute atomic E-state index is 0.0288. The number of halogens is 1. The first kappa shape index (κ1) is 19.4. The van der Waals surface area contributed by atoms with E-state index >= 15 is 0 Å². The molecule has 26 heavy (non-hydrogen) atoms. The Balaban J connectivity index is 1.81. The number of sulfonamides is 1. The maximum Gasteiger partial charge on any atom is 0.240 e. The van der Waals surface area contributed by atoms with Crippen molar-refractivity contribution in [1.29, 1.82) is 0 Å². The van der Waals surface area contributed by atoms with Crippen molar-refractivity contribution in [2.45, 2.75) is 23.9 Å². The van der Waals surface area contributed by atoms with Gasteiger partial charge in [0.05, 0.1) is 10.9 Å². The predicted octanol–water partition coefficient (Wildman–Crippen LogP) is 2.54. The van der Waals surface area contributed by atoms with Gasteiger partial charge in [-0.25, -0.2) is 17.5 Å². The van der Waals surface area contributed by atoms with E-state index in [0.717, 1.165) is 43.2 Å². The van der Waals surface area contributed by atoms with Crippen molar-refractivity contribution < 1.29 is 12.8 Å². The van der Waals surface area contributed by atoms with Gasteiger partial charge in [-0.3, -0.25) is 4.90 Å². The van der Waals surface area contributed by atoms with Crippen LogP contribution in [0.3, 0.4) is 0 Å². The normalized spacial score (nSPS) is 19.3. The monoisotopic (exact) mass is 397 g/mol. The fraction of sp³-hybridized carbons (Fsp3) is 0.444. The molecule has 0 unspecified atom stereocenters. The van der Waals surface area contributed by atoms with Gasteiger partial charge in [-0.15, -0.1) is 11.3 Å². The molecular weight excluding hydrogens is 373 g/mol. The molecule has 0 spiro atoms. The van der Waals surface area contributed by atoms with Crippen molar-refractivity contribution in [3.63, 3.8) is 0 Å². The summed E-state index contributed by atoms with van der Waals surface area (Å²) in [5, 5.41) is 2.01. The summed E-state index contributed by atoms with van der Waals surface area (Å²) >= 11 is 1.64. The molecule has 3 rings (SSSR count). The summed E-state index contributed by atoms with van der Waals surface area (Å²) in [6, 6.07) is 8.61. The molecule has 0 amide bonds. The van der Waals surface area contributed by atoms with E-state index in [1.54, 1.807) is 11.3 Å². The third-order valence-electron chi connectivity index (χ3n) is 4.70. The molecule has 1 fully saturated rings. The first-order valence-electron chi connectivity index (χ1n) is 8.61. The minimum Gasteiger partial charge on any atom is -0.304 e. The SMILES string of the molecule is C[C@@H](NS(=O)(=O)c1ccc(F)cc1)[C@H](c1cccs1)N1CCN(C)CC1. The molecule has 1 aromatic carbocycles. The summed E-state index contributed by atoms with van der Waals surface area (Å²) in [6.07, 6.45) is 0. The molecule has 1 aliphatic rings. The molecule has 0 saturated carbocycles. The van der Waals surface area contributed by atoms with Crippen molar-refractivity contribution in [2.24, 2.45) is 0 Å². The number of likely N-dealkylation sites (N-methyl/N-ethyl adjacent to an activating group) is 1. The maximum atomic E-state index is 13.1. The Morgan fingerprint density at radius 3 is 2.35 bits per heavy atom. The topological polar surface area (TPSA) is 52.7 Å². The number of thiophene rings is 1. The number of nitrogens with one attached hydrogen (secondary N) is 1. The van der Waals surface area contributed by atoms with Crippen LogP contribution in [0.25, 0.3) is 0 Å². The van der Waals surface area contributed by atoms with Crippen LogP contribution in [0.15, 0.2) is 46.7 Å². The Bertz CT molecular complexity index is 801. The van der Waals surface area contributed by atoms with Crippen molar-refractivity contribution in [2.75, 3.05) is 33.2 Å². The Hall–Kier alpha value is -1.32. The van der Waals surface area contributed by atoms with Crippen molar-refractivity contribution >= 4 is 21.4 Å². The van der Waals surface area contributed by atoms with Crippen LogP contribution >= 0.6 is 11.3 Å². The summed E-state index contributed by atoms with van der Waals surface area (Å²) in [4.78, 5) is 5.83. The lowest BCUT2D eigenvalue weighted by Gasteiger charge is -2.40. The second-order valence-corrected chi connectivity index (χ2v) is 9.36. The fourth-order valence-electron chi connectivity index (χ4n) is 3.29. The molecule has 1 N–H and O–H groups in total. The number of hydrogen-bond acceptors (Lipinski definition) is 5. The largest absolute Gasteiger partial charge is 0.304 e. The van der Waals surface area contributed by atoms with E-state index in [2.05, 4.69) is 27.6 Å². The Kier molecular flexibility index (Phi) is 6.09. The number of hydrogen-bond donors (Lipinski definition) is 1. The van der Waals surface area contributed by atoms with Crippen molar-refractivity contribution in [3.8, 4) is 0 Å². The minimum atomic E-state index is -3.71. The maximum absolute atomic E-state index is 13.1. The predicted molar refractivity (Wildman–Crippen MR) is 102 cm³/mol. The lowest BCUT2D eigenvalue weighted by atomic mass is 10.1. The van der Waals surface area contributed by atoms with Crippen LogP contribution in [-0.2, 0) is 10.0 Å². The van der Waals surface area contributed by atoms with Crippen LogP contribution in [0.4, 0.5) is 4.39 Å². The van der Waals surface area contributed by atoms with E-state index in [0.29, 0.717) is 0 Å². The molecule has 0 radical (unpaired) electrons. The molecular formula is C18H24FN3O2S2. The zero-order chi connectivity index (χ0) is 18.7. The van der Waals surface area contributed by atoms with Gasteiger partial charge in [-0.05, 0) is 49.7 Å². The highest BCUT2D eigenvalue weighted by Gasteiger charge is 2.31. The first-order chi connectivity index (χ1) is 12.4. The van der Waals surface area contributed by atoms with Crippen LogP contribution in [-0.4, -0.2) is 57.5 Å². The summed E-state index contributed by atoms with van der Waals surface area (Å²) in [5.74, 6) is -0.453. The fourth-order valence-corrected chi connectivity index (χ4v) is 5.51. The van der Waals surface area contributed by atoms with Gasteiger partial charge in [-0.1, -0.05) is 6.07 Å². The molecule has 2 atom stereocenters. The lowest BCUT2D eigenvalue weighted by Crippen LogP contribution is -2.51. The molecule has 2 heterocycles. The van der Waals surface area contributed by atoms with E-state index in [-0.39, 0.29) is 17.0 Å². The molecule has 1 aliphatic heterocycles. The molecule has 8 heteroatoms. The highest BCUT2D eigenvalue weighted by atomic mass is 32.2. The standard InChI is InChI=1S/C18H24FN3O2S2/c1-14(20-26(23,24)16-7-5-15(19)6-8-16)18(17-4-3-13-25-17)22-11-9-21(2)10-12-22/h3-8,13-14,18,20H,9-12H2,1-2H3/t14-,18-/m1/s1. The molecule has 2 aromatic rings. The molecule has 1 aromatic heterocycles. The third-order valence-corrected chi connectivity index (χ3v) is 7.22. The van der Waals surface area contributed by atoms with E-state index in [1.165, 1.54) is 12.1 Å². The first-order valence-corrected chi connectivity index (χ1v) is 11.0. The van der Waals surface area contributed by atoms with Gasteiger partial charge >= 0.3 is 0 Å². The van der Waals surface area contributed by atoms with Crippen molar-refractivity contribution in [3.05, 3.63) is 52.5 Å². The number of benzene rings is 1. The van der Waals surface area contributed by atoms with Crippen LogP contribution in [0.2, 0.25) is 0 Å². The summed E-state index contributed by atoms with van der Waals surface area (Å²) in [7, 11) is -1.62. The molecule has 0 aliphatic carbocycles. The second-order valence-electron chi connectivity index (χ2n) is 6.66. The van der Waals surface area contributed by atoms with Gasteiger partial charge in [0, 0.05) is 37.1 Å². The lowest BCUT2D eigenvalue weighted by molar-refractivity contribution is 0.0994. The Labute approximate surface area is 158 Å². The number of rotatable bonds is 6. The molecule has 142 valence electrons.